The molecular formula is C23H23BrN2O3S. The summed E-state index contributed by atoms with van der Waals surface area (Å²) < 4.78 is 28.6. The maximum atomic E-state index is 13.3. The molecule has 0 bridgehead atoms. The molecular weight excluding hydrogens is 464 g/mol. The van der Waals surface area contributed by atoms with E-state index in [-0.39, 0.29) is 17.3 Å². The number of carbonyl (C=O) groups is 1. The van der Waals surface area contributed by atoms with Crippen LogP contribution in [0.25, 0.3) is 0 Å². The lowest BCUT2D eigenvalue weighted by Crippen LogP contribution is -2.41. The van der Waals surface area contributed by atoms with Crippen LogP contribution in [-0.4, -0.2) is 27.4 Å². The summed E-state index contributed by atoms with van der Waals surface area (Å²) in [5, 5.41) is 2.82. The topological polar surface area (TPSA) is 66.5 Å². The summed E-state index contributed by atoms with van der Waals surface area (Å²) in [6.07, 6.45) is 0.676. The second-order valence-corrected chi connectivity index (χ2v) is 9.66. The minimum Gasteiger partial charge on any atom is -0.354 e. The summed E-state index contributed by atoms with van der Waals surface area (Å²) >= 11 is 3.36. The molecule has 0 atom stereocenters. The van der Waals surface area contributed by atoms with Gasteiger partial charge in [0.2, 0.25) is 5.91 Å². The maximum absolute atomic E-state index is 13.3. The number of sulfonamides is 1. The van der Waals surface area contributed by atoms with E-state index in [4.69, 9.17) is 0 Å². The van der Waals surface area contributed by atoms with E-state index < -0.39 is 10.0 Å². The Balaban J connectivity index is 1.78. The molecule has 3 aromatic rings. The van der Waals surface area contributed by atoms with Gasteiger partial charge < -0.3 is 5.32 Å². The first-order valence-corrected chi connectivity index (χ1v) is 11.8. The van der Waals surface area contributed by atoms with Crippen LogP contribution in [0.1, 0.15) is 11.1 Å². The summed E-state index contributed by atoms with van der Waals surface area (Å²) in [5.74, 6) is -0.357. The van der Waals surface area contributed by atoms with E-state index in [0.29, 0.717) is 18.7 Å². The van der Waals surface area contributed by atoms with E-state index in [2.05, 4.69) is 21.2 Å². The van der Waals surface area contributed by atoms with Crippen molar-refractivity contribution in [2.45, 2.75) is 18.2 Å². The zero-order valence-electron chi connectivity index (χ0n) is 16.6. The first-order valence-electron chi connectivity index (χ1n) is 9.52. The van der Waals surface area contributed by atoms with Crippen molar-refractivity contribution < 1.29 is 13.2 Å². The van der Waals surface area contributed by atoms with Crippen molar-refractivity contribution in [1.82, 2.24) is 5.32 Å². The second-order valence-electron chi connectivity index (χ2n) is 6.89. The monoisotopic (exact) mass is 486 g/mol. The number of nitrogens with zero attached hydrogens (tertiary/aromatic N) is 1. The fourth-order valence-electron chi connectivity index (χ4n) is 2.94. The zero-order valence-corrected chi connectivity index (χ0v) is 19.0. The third-order valence-electron chi connectivity index (χ3n) is 4.59. The molecule has 0 saturated carbocycles. The molecule has 0 aliphatic heterocycles. The molecule has 0 fully saturated rings. The molecule has 7 heteroatoms. The summed E-state index contributed by atoms with van der Waals surface area (Å²) in [6, 6.07) is 23.3. The molecule has 5 nitrogen and oxygen atoms in total. The Labute approximate surface area is 185 Å². The fraction of sp³-hybridized carbons (Fsp3) is 0.174. The molecule has 3 rings (SSSR count). The Bertz CT molecular complexity index is 1080. The first kappa shape index (κ1) is 22.1. The third-order valence-corrected chi connectivity index (χ3v) is 6.91. The van der Waals surface area contributed by atoms with E-state index in [9.17, 15) is 13.2 Å². The second kappa shape index (κ2) is 9.91. The van der Waals surface area contributed by atoms with Gasteiger partial charge in [-0.2, -0.15) is 0 Å². The van der Waals surface area contributed by atoms with Crippen molar-refractivity contribution >= 4 is 37.5 Å². The predicted octanol–water partition coefficient (Wildman–Crippen LogP) is 4.31. The average molecular weight is 487 g/mol. The van der Waals surface area contributed by atoms with Crippen molar-refractivity contribution in [2.75, 3.05) is 17.4 Å². The van der Waals surface area contributed by atoms with Crippen LogP contribution in [0, 0.1) is 6.92 Å². The first-order chi connectivity index (χ1) is 14.4. The molecule has 0 unspecified atom stereocenters. The lowest BCUT2D eigenvalue weighted by molar-refractivity contribution is -0.119. The number of halogens is 1. The van der Waals surface area contributed by atoms with Crippen molar-refractivity contribution in [1.29, 1.82) is 0 Å². The lowest BCUT2D eigenvalue weighted by atomic mass is 10.1. The van der Waals surface area contributed by atoms with Crippen LogP contribution in [0.15, 0.2) is 88.2 Å². The van der Waals surface area contributed by atoms with Crippen molar-refractivity contribution in [2.24, 2.45) is 0 Å². The van der Waals surface area contributed by atoms with Crippen molar-refractivity contribution in [3.8, 4) is 0 Å². The number of benzene rings is 3. The summed E-state index contributed by atoms with van der Waals surface area (Å²) in [7, 11) is -3.90. The Morgan fingerprint density at radius 1 is 0.933 bits per heavy atom. The van der Waals surface area contributed by atoms with Crippen LogP contribution in [-0.2, 0) is 21.2 Å². The summed E-state index contributed by atoms with van der Waals surface area (Å²) in [4.78, 5) is 12.7. The molecule has 0 aromatic heterocycles. The largest absolute Gasteiger partial charge is 0.354 e. The molecule has 0 spiro atoms. The normalized spacial score (nSPS) is 11.1. The van der Waals surface area contributed by atoms with E-state index in [1.165, 1.54) is 0 Å². The minimum atomic E-state index is -3.90. The van der Waals surface area contributed by atoms with E-state index in [1.807, 2.05) is 37.3 Å². The van der Waals surface area contributed by atoms with Gasteiger partial charge in [-0.05, 0) is 55.3 Å². The van der Waals surface area contributed by atoms with Gasteiger partial charge in [0.15, 0.2) is 0 Å². The highest BCUT2D eigenvalue weighted by Crippen LogP contribution is 2.25. The Morgan fingerprint density at radius 2 is 1.57 bits per heavy atom. The number of hydrogen-bond acceptors (Lipinski definition) is 3. The minimum absolute atomic E-state index is 0.146. The van der Waals surface area contributed by atoms with E-state index >= 15 is 0 Å². The lowest BCUT2D eigenvalue weighted by Gasteiger charge is -2.24. The molecule has 1 amide bonds. The number of amides is 1. The van der Waals surface area contributed by atoms with E-state index in [1.54, 1.807) is 48.5 Å². The van der Waals surface area contributed by atoms with Gasteiger partial charge in [0.05, 0.1) is 10.6 Å². The van der Waals surface area contributed by atoms with Gasteiger partial charge in [-0.15, -0.1) is 0 Å². The number of carbonyl (C=O) groups excluding carboxylic acids is 1. The van der Waals surface area contributed by atoms with Crippen LogP contribution in [0.3, 0.4) is 0 Å². The standard InChI is InChI=1S/C23H23BrN2O3S/c1-18-7-13-22(14-8-18)30(28,29)26(21-11-9-20(24)10-12-21)17-23(27)25-16-15-19-5-3-2-4-6-19/h2-14H,15-17H2,1H3,(H,25,27). The number of hydrogen-bond donors (Lipinski definition) is 1. The van der Waals surface area contributed by atoms with Crippen molar-refractivity contribution in [3.63, 3.8) is 0 Å². The molecule has 0 aliphatic carbocycles. The zero-order chi connectivity index (χ0) is 21.6. The van der Waals surface area contributed by atoms with Crippen LogP contribution in [0.2, 0.25) is 0 Å². The summed E-state index contributed by atoms with van der Waals surface area (Å²) in [6.45, 7) is 2.03. The Morgan fingerprint density at radius 3 is 2.20 bits per heavy atom. The van der Waals surface area contributed by atoms with E-state index in [0.717, 1.165) is 19.9 Å². The van der Waals surface area contributed by atoms with Gasteiger partial charge in [-0.25, -0.2) is 8.42 Å². The van der Waals surface area contributed by atoms with Gasteiger partial charge in [0.1, 0.15) is 6.54 Å². The average Bonchev–Trinajstić information content (AvgIpc) is 2.74. The molecule has 1 N–H and O–H groups in total. The van der Waals surface area contributed by atoms with Crippen LogP contribution >= 0.6 is 15.9 Å². The molecule has 30 heavy (non-hydrogen) atoms. The van der Waals surface area contributed by atoms with Gasteiger partial charge >= 0.3 is 0 Å². The quantitative estimate of drug-likeness (QED) is 0.515. The highest BCUT2D eigenvalue weighted by molar-refractivity contribution is 9.10. The molecule has 3 aromatic carbocycles. The summed E-state index contributed by atoms with van der Waals surface area (Å²) in [5.41, 5.74) is 2.50. The molecule has 156 valence electrons. The molecule has 0 heterocycles. The van der Waals surface area contributed by atoms with Crippen LogP contribution in [0.5, 0.6) is 0 Å². The predicted molar refractivity (Wildman–Crippen MR) is 123 cm³/mol. The smallest absolute Gasteiger partial charge is 0.264 e. The number of aryl methyl sites for hydroxylation is 1. The SMILES string of the molecule is Cc1ccc(S(=O)(=O)N(CC(=O)NCCc2ccccc2)c2ccc(Br)cc2)cc1. The molecule has 0 saturated heterocycles. The van der Waals surface area contributed by atoms with Crippen LogP contribution in [0.4, 0.5) is 5.69 Å². The third kappa shape index (κ3) is 5.70. The maximum Gasteiger partial charge on any atom is 0.264 e. The number of rotatable bonds is 8. The number of anilines is 1. The highest BCUT2D eigenvalue weighted by Gasteiger charge is 2.27. The van der Waals surface area contributed by atoms with Crippen LogP contribution < -0.4 is 9.62 Å². The molecule has 0 radical (unpaired) electrons. The van der Waals surface area contributed by atoms with Gasteiger partial charge in [0, 0.05) is 11.0 Å². The Hall–Kier alpha value is -2.64. The highest BCUT2D eigenvalue weighted by atomic mass is 79.9. The van der Waals surface area contributed by atoms with Gasteiger partial charge in [-0.1, -0.05) is 64.0 Å². The Kier molecular flexibility index (Phi) is 7.29. The van der Waals surface area contributed by atoms with Gasteiger partial charge in [0.25, 0.3) is 10.0 Å². The van der Waals surface area contributed by atoms with Gasteiger partial charge in [-0.3, -0.25) is 9.10 Å². The fourth-order valence-corrected chi connectivity index (χ4v) is 4.62. The number of nitrogens with one attached hydrogen (secondary N) is 1. The molecule has 0 aliphatic rings. The van der Waals surface area contributed by atoms with Crippen molar-refractivity contribution in [3.05, 3.63) is 94.5 Å².